The zero-order valence-electron chi connectivity index (χ0n) is 17.5. The minimum absolute atomic E-state index is 0.0686. The zero-order chi connectivity index (χ0) is 22.9. The lowest BCUT2D eigenvalue weighted by molar-refractivity contribution is -0.138. The highest BCUT2D eigenvalue weighted by atomic mass is 19.4. The van der Waals surface area contributed by atoms with E-state index in [1.165, 1.54) is 19.1 Å². The molecule has 4 rings (SSSR count). The summed E-state index contributed by atoms with van der Waals surface area (Å²) in [5.41, 5.74) is 3.06. The molecule has 0 aliphatic carbocycles. The van der Waals surface area contributed by atoms with E-state index in [1.54, 1.807) is 18.5 Å². The van der Waals surface area contributed by atoms with Crippen molar-refractivity contribution in [2.75, 3.05) is 10.6 Å². The van der Waals surface area contributed by atoms with Crippen molar-refractivity contribution in [3.8, 4) is 0 Å². The van der Waals surface area contributed by atoms with Crippen molar-refractivity contribution in [1.82, 2.24) is 9.55 Å². The van der Waals surface area contributed by atoms with Crippen molar-refractivity contribution >= 4 is 28.3 Å². The van der Waals surface area contributed by atoms with E-state index in [1.807, 2.05) is 37.4 Å². The number of amides is 2. The van der Waals surface area contributed by atoms with E-state index < -0.39 is 17.8 Å². The van der Waals surface area contributed by atoms with Crippen LogP contribution in [0.1, 0.15) is 22.3 Å². The van der Waals surface area contributed by atoms with Crippen molar-refractivity contribution in [1.29, 1.82) is 0 Å². The quantitative estimate of drug-likeness (QED) is 0.389. The number of carbonyl (C=O) groups excluding carboxylic acids is 1. The van der Waals surface area contributed by atoms with Crippen LogP contribution < -0.4 is 10.6 Å². The fourth-order valence-electron chi connectivity index (χ4n) is 3.72. The van der Waals surface area contributed by atoms with Crippen LogP contribution in [0.3, 0.4) is 0 Å². The van der Waals surface area contributed by atoms with Crippen LogP contribution in [0.15, 0.2) is 67.1 Å². The second-order valence-corrected chi connectivity index (χ2v) is 7.60. The second kappa shape index (κ2) is 8.37. The molecule has 2 N–H and O–H groups in total. The van der Waals surface area contributed by atoms with E-state index in [0.717, 1.165) is 28.1 Å². The van der Waals surface area contributed by atoms with Crippen LogP contribution >= 0.6 is 0 Å². The number of aromatic nitrogens is 2. The van der Waals surface area contributed by atoms with Crippen LogP contribution in [0, 0.1) is 13.8 Å². The van der Waals surface area contributed by atoms with Gasteiger partial charge in [0, 0.05) is 36.2 Å². The molecule has 0 unspecified atom stereocenters. The van der Waals surface area contributed by atoms with Gasteiger partial charge in [0.25, 0.3) is 0 Å². The maximum absolute atomic E-state index is 13.1. The molecule has 4 aromatic rings. The molecule has 0 atom stereocenters. The number of pyridine rings is 1. The van der Waals surface area contributed by atoms with Crippen molar-refractivity contribution < 1.29 is 18.0 Å². The summed E-state index contributed by atoms with van der Waals surface area (Å²) in [5, 5.41) is 6.09. The molecule has 0 bridgehead atoms. The van der Waals surface area contributed by atoms with Gasteiger partial charge in [0.05, 0.1) is 16.8 Å². The van der Waals surface area contributed by atoms with Crippen LogP contribution in [-0.2, 0) is 12.7 Å². The van der Waals surface area contributed by atoms with Crippen molar-refractivity contribution in [2.45, 2.75) is 26.6 Å². The predicted molar refractivity (Wildman–Crippen MR) is 119 cm³/mol. The molecule has 0 spiro atoms. The van der Waals surface area contributed by atoms with Crippen molar-refractivity contribution in [3.63, 3.8) is 0 Å². The number of carbonyl (C=O) groups is 1. The van der Waals surface area contributed by atoms with E-state index in [-0.39, 0.29) is 11.3 Å². The Hall–Kier alpha value is -3.81. The van der Waals surface area contributed by atoms with Crippen LogP contribution in [0.5, 0.6) is 0 Å². The standard InChI is InChI=1S/C24H21F3N4O/c1-15-3-5-18(13-20(15)24(25,26)27)29-23(32)30-21-6-4-16(2)22-19(21)9-12-31(22)14-17-7-10-28-11-8-17/h3-13H,14H2,1-2H3,(H2,29,30,32). The maximum Gasteiger partial charge on any atom is 0.416 e. The molecule has 0 saturated carbocycles. The number of aryl methyl sites for hydroxylation is 2. The number of anilines is 2. The van der Waals surface area contributed by atoms with Gasteiger partial charge < -0.3 is 15.2 Å². The molecular formula is C24H21F3N4O. The van der Waals surface area contributed by atoms with E-state index >= 15 is 0 Å². The number of rotatable bonds is 4. The minimum Gasteiger partial charge on any atom is -0.343 e. The first-order valence-corrected chi connectivity index (χ1v) is 9.95. The molecule has 0 fully saturated rings. The zero-order valence-corrected chi connectivity index (χ0v) is 17.5. The van der Waals surface area contributed by atoms with Gasteiger partial charge in [-0.05, 0) is 66.9 Å². The third kappa shape index (κ3) is 4.44. The molecule has 32 heavy (non-hydrogen) atoms. The first-order chi connectivity index (χ1) is 15.2. The Morgan fingerprint density at radius 1 is 0.969 bits per heavy atom. The molecule has 2 amide bonds. The smallest absolute Gasteiger partial charge is 0.343 e. The number of nitrogens with one attached hydrogen (secondary N) is 2. The Bertz CT molecular complexity index is 1280. The van der Waals surface area contributed by atoms with Crippen LogP contribution in [0.4, 0.5) is 29.3 Å². The summed E-state index contributed by atoms with van der Waals surface area (Å²) >= 11 is 0. The number of benzene rings is 2. The molecule has 0 aliphatic heterocycles. The third-order valence-electron chi connectivity index (χ3n) is 5.28. The lowest BCUT2D eigenvalue weighted by Gasteiger charge is -2.14. The summed E-state index contributed by atoms with van der Waals surface area (Å²) < 4.78 is 41.5. The lowest BCUT2D eigenvalue weighted by atomic mass is 10.1. The molecule has 0 radical (unpaired) electrons. The van der Waals surface area contributed by atoms with Gasteiger partial charge in [-0.2, -0.15) is 13.2 Å². The van der Waals surface area contributed by atoms with Crippen molar-refractivity contribution in [2.24, 2.45) is 0 Å². The average molecular weight is 438 g/mol. The van der Waals surface area contributed by atoms with Crippen molar-refractivity contribution in [3.05, 3.63) is 89.4 Å². The number of hydrogen-bond acceptors (Lipinski definition) is 2. The molecule has 2 aromatic heterocycles. The van der Waals surface area contributed by atoms with Gasteiger partial charge in [-0.3, -0.25) is 4.98 Å². The molecular weight excluding hydrogens is 417 g/mol. The summed E-state index contributed by atoms with van der Waals surface area (Å²) in [7, 11) is 0. The summed E-state index contributed by atoms with van der Waals surface area (Å²) in [6.07, 6.45) is 0.927. The largest absolute Gasteiger partial charge is 0.416 e. The highest BCUT2D eigenvalue weighted by molar-refractivity contribution is 6.06. The topological polar surface area (TPSA) is 59.0 Å². The fourth-order valence-corrected chi connectivity index (χ4v) is 3.72. The molecule has 0 aliphatic rings. The monoisotopic (exact) mass is 438 g/mol. The normalized spacial score (nSPS) is 11.5. The fraction of sp³-hybridized carbons (Fsp3) is 0.167. The van der Waals surface area contributed by atoms with Gasteiger partial charge in [-0.15, -0.1) is 0 Å². The van der Waals surface area contributed by atoms with E-state index in [9.17, 15) is 18.0 Å². The van der Waals surface area contributed by atoms with E-state index in [4.69, 9.17) is 0 Å². The summed E-state index contributed by atoms with van der Waals surface area (Å²) in [6.45, 7) is 4.01. The van der Waals surface area contributed by atoms with Gasteiger partial charge in [-0.1, -0.05) is 12.1 Å². The van der Waals surface area contributed by atoms with Gasteiger partial charge >= 0.3 is 12.2 Å². The summed E-state index contributed by atoms with van der Waals surface area (Å²) in [5.74, 6) is 0. The Kier molecular flexibility index (Phi) is 5.61. The van der Waals surface area contributed by atoms with Crippen LogP contribution in [0.2, 0.25) is 0 Å². The highest BCUT2D eigenvalue weighted by Crippen LogP contribution is 2.33. The highest BCUT2D eigenvalue weighted by Gasteiger charge is 2.32. The number of alkyl halides is 3. The van der Waals surface area contributed by atoms with Gasteiger partial charge in [0.15, 0.2) is 0 Å². The van der Waals surface area contributed by atoms with Crippen LogP contribution in [0.25, 0.3) is 10.9 Å². The van der Waals surface area contributed by atoms with Gasteiger partial charge in [0.1, 0.15) is 0 Å². The number of nitrogens with zero attached hydrogens (tertiary/aromatic N) is 2. The number of halogens is 3. The van der Waals surface area contributed by atoms with Crippen LogP contribution in [-0.4, -0.2) is 15.6 Å². The molecule has 164 valence electrons. The number of hydrogen-bond donors (Lipinski definition) is 2. The average Bonchev–Trinajstić information content (AvgIpc) is 3.16. The molecule has 2 aromatic carbocycles. The SMILES string of the molecule is Cc1ccc(NC(=O)Nc2ccc(C)c3c2ccn3Cc2ccncc2)cc1C(F)(F)F. The van der Waals surface area contributed by atoms with E-state index in [0.29, 0.717) is 12.2 Å². The lowest BCUT2D eigenvalue weighted by Crippen LogP contribution is -2.20. The minimum atomic E-state index is -4.49. The predicted octanol–water partition coefficient (Wildman–Crippen LogP) is 6.36. The summed E-state index contributed by atoms with van der Waals surface area (Å²) in [6, 6.07) is 12.6. The number of urea groups is 1. The molecule has 0 saturated heterocycles. The number of fused-ring (bicyclic) bond motifs is 1. The Morgan fingerprint density at radius 2 is 1.69 bits per heavy atom. The molecule has 8 heteroatoms. The first kappa shape index (κ1) is 21.4. The molecule has 2 heterocycles. The Morgan fingerprint density at radius 3 is 2.41 bits per heavy atom. The Labute approximate surface area is 182 Å². The van der Waals surface area contributed by atoms with Gasteiger partial charge in [0.2, 0.25) is 0 Å². The van der Waals surface area contributed by atoms with E-state index in [2.05, 4.69) is 20.2 Å². The summed E-state index contributed by atoms with van der Waals surface area (Å²) in [4.78, 5) is 16.6. The maximum atomic E-state index is 13.1. The second-order valence-electron chi connectivity index (χ2n) is 7.60. The third-order valence-corrected chi connectivity index (χ3v) is 5.28. The Balaban J connectivity index is 1.57. The van der Waals surface area contributed by atoms with Gasteiger partial charge in [-0.25, -0.2) is 4.79 Å². The molecule has 5 nitrogen and oxygen atoms in total. The first-order valence-electron chi connectivity index (χ1n) is 9.95.